The molecule has 6 aromatic carbocycles. The van der Waals surface area contributed by atoms with Crippen LogP contribution in [0.15, 0.2) is 169 Å². The molecule has 2 aliphatic carbocycles. The third-order valence-electron chi connectivity index (χ3n) is 10.2. The summed E-state index contributed by atoms with van der Waals surface area (Å²) in [6.45, 7) is 0. The fourth-order valence-electron chi connectivity index (χ4n) is 8.05. The van der Waals surface area contributed by atoms with Crippen molar-refractivity contribution in [1.29, 1.82) is 0 Å². The maximum atomic E-state index is 6.72. The first kappa shape index (κ1) is 27.1. The second-order valence-electron chi connectivity index (χ2n) is 12.8. The molecular weight excluding hydrogens is 585 g/mol. The molecule has 0 saturated carbocycles. The van der Waals surface area contributed by atoms with Crippen molar-refractivity contribution >= 4 is 10.8 Å². The van der Waals surface area contributed by atoms with Crippen molar-refractivity contribution in [1.82, 2.24) is 9.97 Å². The van der Waals surface area contributed by atoms with Gasteiger partial charge in [0.05, 0.1) is 16.8 Å². The van der Waals surface area contributed by atoms with Crippen molar-refractivity contribution in [3.8, 4) is 50.8 Å². The number of allylic oxidation sites excluding steroid dienone is 3. The lowest BCUT2D eigenvalue weighted by Crippen LogP contribution is -2.36. The van der Waals surface area contributed by atoms with E-state index in [1.165, 1.54) is 38.6 Å². The Kier molecular flexibility index (Phi) is 5.91. The van der Waals surface area contributed by atoms with Crippen LogP contribution in [0.25, 0.3) is 55.8 Å². The minimum Gasteiger partial charge on any atom is -0.457 e. The van der Waals surface area contributed by atoms with Gasteiger partial charge in [-0.15, -0.1) is 0 Å². The van der Waals surface area contributed by atoms with E-state index in [2.05, 4.69) is 152 Å². The summed E-state index contributed by atoms with van der Waals surface area (Å²) < 4.78 is 6.72. The molecule has 0 fully saturated rings. The first-order valence-corrected chi connectivity index (χ1v) is 16.6. The predicted octanol–water partition coefficient (Wildman–Crippen LogP) is 10.9. The van der Waals surface area contributed by atoms with Gasteiger partial charge in [-0.2, -0.15) is 0 Å². The van der Waals surface area contributed by atoms with Crippen LogP contribution < -0.4 is 4.74 Å². The average molecular weight is 615 g/mol. The van der Waals surface area contributed by atoms with Gasteiger partial charge in [0.25, 0.3) is 0 Å². The quantitative estimate of drug-likeness (QED) is 0.199. The van der Waals surface area contributed by atoms with Crippen LogP contribution in [0.1, 0.15) is 29.5 Å². The monoisotopic (exact) mass is 614 g/mol. The molecule has 48 heavy (non-hydrogen) atoms. The number of ether oxygens (including phenoxy) is 1. The number of fused-ring (bicyclic) bond motifs is 10. The van der Waals surface area contributed by atoms with Gasteiger partial charge in [-0.3, -0.25) is 0 Å². The van der Waals surface area contributed by atoms with E-state index in [4.69, 9.17) is 14.7 Å². The zero-order valence-corrected chi connectivity index (χ0v) is 26.2. The highest BCUT2D eigenvalue weighted by molar-refractivity contribution is 5.90. The highest BCUT2D eigenvalue weighted by atomic mass is 16.5. The first-order valence-electron chi connectivity index (χ1n) is 16.6. The normalized spacial score (nSPS) is 15.1. The van der Waals surface area contributed by atoms with Crippen molar-refractivity contribution in [3.05, 3.63) is 186 Å². The summed E-state index contributed by atoms with van der Waals surface area (Å²) in [6.07, 6.45) is 6.62. The molecule has 10 rings (SSSR count). The van der Waals surface area contributed by atoms with Crippen LogP contribution in [-0.4, -0.2) is 9.97 Å². The molecule has 0 N–H and O–H groups in total. The van der Waals surface area contributed by atoms with E-state index in [1.807, 2.05) is 6.07 Å². The molecule has 0 atom stereocenters. The fraction of sp³-hybridized carbons (Fsp3) is 0.0667. The predicted molar refractivity (Wildman–Crippen MR) is 194 cm³/mol. The van der Waals surface area contributed by atoms with E-state index < -0.39 is 5.41 Å². The van der Waals surface area contributed by atoms with Crippen LogP contribution in [0.5, 0.6) is 5.75 Å². The molecule has 0 amide bonds. The second kappa shape index (κ2) is 10.5. The lowest BCUT2D eigenvalue weighted by molar-refractivity contribution is 0.383. The van der Waals surface area contributed by atoms with Gasteiger partial charge in [0.1, 0.15) is 11.5 Å². The highest BCUT2D eigenvalue weighted by Crippen LogP contribution is 2.62. The van der Waals surface area contributed by atoms with Crippen LogP contribution in [0.3, 0.4) is 0 Å². The molecular formula is C45H30N2O. The molecule has 0 unspecified atom stereocenters. The van der Waals surface area contributed by atoms with Gasteiger partial charge >= 0.3 is 0 Å². The van der Waals surface area contributed by atoms with E-state index >= 15 is 0 Å². The van der Waals surface area contributed by atoms with Gasteiger partial charge in [0.2, 0.25) is 0 Å². The van der Waals surface area contributed by atoms with E-state index in [0.717, 1.165) is 58.0 Å². The smallest absolute Gasteiger partial charge is 0.160 e. The Morgan fingerprint density at radius 1 is 0.479 bits per heavy atom. The SMILES string of the molecule is C1=C2Oc3ccc(-c4nc(-c5ccccc5)cc(-c5ccc6ccccc6c5)n4)cc3C3(C2=CCC1)c1ccccc1-c1ccccc13. The van der Waals surface area contributed by atoms with Gasteiger partial charge in [0, 0.05) is 27.8 Å². The highest BCUT2D eigenvalue weighted by Gasteiger charge is 2.52. The molecule has 226 valence electrons. The third kappa shape index (κ3) is 3.94. The topological polar surface area (TPSA) is 35.0 Å². The summed E-state index contributed by atoms with van der Waals surface area (Å²) >= 11 is 0. The van der Waals surface area contributed by atoms with Crippen molar-refractivity contribution in [2.75, 3.05) is 0 Å². The van der Waals surface area contributed by atoms with Gasteiger partial charge in [-0.05, 0) is 82.3 Å². The maximum Gasteiger partial charge on any atom is 0.160 e. The lowest BCUT2D eigenvalue weighted by atomic mass is 9.64. The van der Waals surface area contributed by atoms with Gasteiger partial charge in [-0.1, -0.05) is 121 Å². The molecule has 1 spiro atoms. The van der Waals surface area contributed by atoms with Crippen LogP contribution in [0.2, 0.25) is 0 Å². The zero-order chi connectivity index (χ0) is 31.7. The summed E-state index contributed by atoms with van der Waals surface area (Å²) in [7, 11) is 0. The Labute approximate surface area is 279 Å². The molecule has 7 aromatic rings. The third-order valence-corrected chi connectivity index (χ3v) is 10.2. The molecule has 1 aromatic heterocycles. The summed E-state index contributed by atoms with van der Waals surface area (Å²) in [5, 5.41) is 2.40. The Hall–Kier alpha value is -6.06. The Bertz CT molecular complexity index is 2440. The molecule has 0 radical (unpaired) electrons. The largest absolute Gasteiger partial charge is 0.457 e. The van der Waals surface area contributed by atoms with E-state index in [0.29, 0.717) is 5.82 Å². The molecule has 1 aliphatic heterocycles. The number of hydrogen-bond acceptors (Lipinski definition) is 3. The van der Waals surface area contributed by atoms with Gasteiger partial charge in [0.15, 0.2) is 5.82 Å². The summed E-state index contributed by atoms with van der Waals surface area (Å²) in [6, 6.07) is 51.8. The number of aromatic nitrogens is 2. The van der Waals surface area contributed by atoms with Crippen LogP contribution in [0, 0.1) is 0 Å². The van der Waals surface area contributed by atoms with Gasteiger partial charge in [-0.25, -0.2) is 9.97 Å². The minimum atomic E-state index is -0.499. The van der Waals surface area contributed by atoms with Crippen molar-refractivity contribution in [2.45, 2.75) is 18.3 Å². The molecule has 0 saturated heterocycles. The van der Waals surface area contributed by atoms with Crippen molar-refractivity contribution in [3.63, 3.8) is 0 Å². The standard InChI is InChI=1S/C45H30N2O/c1-2-13-30(14-3-1)40-28-41(32-23-22-29-12-4-5-15-31(29)26-32)47-44(46-40)33-24-25-43-39(27-33)45(38-20-10-11-21-42(38)48-43)36-18-8-6-16-34(36)35-17-7-9-19-37(35)45/h1-9,12-28H,10-11H2. The molecule has 0 bridgehead atoms. The summed E-state index contributed by atoms with van der Waals surface area (Å²) in [5.41, 5.74) is 11.9. The van der Waals surface area contributed by atoms with E-state index in [9.17, 15) is 0 Å². The molecule has 3 heteroatoms. The number of benzene rings is 6. The maximum absolute atomic E-state index is 6.72. The number of hydrogen-bond donors (Lipinski definition) is 0. The zero-order valence-electron chi connectivity index (χ0n) is 26.2. The van der Waals surface area contributed by atoms with Crippen molar-refractivity contribution in [2.24, 2.45) is 0 Å². The minimum absolute atomic E-state index is 0.499. The Balaban J connectivity index is 1.23. The first-order chi connectivity index (χ1) is 23.8. The average Bonchev–Trinajstić information content (AvgIpc) is 3.45. The second-order valence-corrected chi connectivity index (χ2v) is 12.8. The van der Waals surface area contributed by atoms with Crippen LogP contribution in [-0.2, 0) is 5.41 Å². The van der Waals surface area contributed by atoms with Gasteiger partial charge < -0.3 is 4.74 Å². The fourth-order valence-corrected chi connectivity index (χ4v) is 8.05. The van der Waals surface area contributed by atoms with Crippen molar-refractivity contribution < 1.29 is 4.74 Å². The number of rotatable bonds is 3. The van der Waals surface area contributed by atoms with Crippen LogP contribution >= 0.6 is 0 Å². The summed E-state index contributed by atoms with van der Waals surface area (Å²) in [5.74, 6) is 2.54. The molecule has 3 aliphatic rings. The molecule has 3 nitrogen and oxygen atoms in total. The van der Waals surface area contributed by atoms with E-state index in [1.54, 1.807) is 0 Å². The number of nitrogens with zero attached hydrogens (tertiary/aromatic N) is 2. The Morgan fingerprint density at radius 2 is 1.12 bits per heavy atom. The Morgan fingerprint density at radius 3 is 1.92 bits per heavy atom. The summed E-state index contributed by atoms with van der Waals surface area (Å²) in [4.78, 5) is 10.5. The van der Waals surface area contributed by atoms with Crippen LogP contribution in [0.4, 0.5) is 0 Å². The lowest BCUT2D eigenvalue weighted by Gasteiger charge is -2.42. The van der Waals surface area contributed by atoms with E-state index in [-0.39, 0.29) is 0 Å². The molecule has 2 heterocycles.